The summed E-state index contributed by atoms with van der Waals surface area (Å²) in [7, 11) is 0. The Kier molecular flexibility index (Phi) is 5.35. The number of aliphatic hydroxyl groups is 4. The Morgan fingerprint density at radius 1 is 1.44 bits per heavy atom. The lowest BCUT2D eigenvalue weighted by molar-refractivity contribution is -0.0977. The second-order valence-electron chi connectivity index (χ2n) is 4.04. The van der Waals surface area contributed by atoms with Gasteiger partial charge in [0.2, 0.25) is 6.29 Å². The van der Waals surface area contributed by atoms with Crippen molar-refractivity contribution in [2.75, 3.05) is 6.61 Å². The van der Waals surface area contributed by atoms with E-state index in [1.165, 1.54) is 6.08 Å². The molecule has 8 heteroatoms. The normalized spacial score (nSPS) is 25.3. The molecule has 1 rings (SSSR count). The number of ether oxygens (including phenoxy) is 1. The van der Waals surface area contributed by atoms with Crippen LogP contribution < -0.4 is 11.5 Å². The minimum Gasteiger partial charge on any atom is -0.487 e. The zero-order valence-corrected chi connectivity index (χ0v) is 9.81. The molecule has 18 heavy (non-hydrogen) atoms. The first kappa shape index (κ1) is 14.7. The maximum Gasteiger partial charge on any atom is 0.211 e. The summed E-state index contributed by atoms with van der Waals surface area (Å²) < 4.78 is 5.22. The molecule has 3 unspecified atom stereocenters. The van der Waals surface area contributed by atoms with Gasteiger partial charge in [-0.05, 0) is 6.08 Å². The van der Waals surface area contributed by atoms with Gasteiger partial charge in [0.05, 0.1) is 12.1 Å². The van der Waals surface area contributed by atoms with E-state index in [4.69, 9.17) is 31.5 Å². The van der Waals surface area contributed by atoms with Gasteiger partial charge in [0.1, 0.15) is 6.10 Å². The number of aliphatic imine (C=N–C) groups is 1. The average molecular weight is 261 g/mol. The molecule has 3 atom stereocenters. The van der Waals surface area contributed by atoms with Crippen molar-refractivity contribution in [2.45, 2.75) is 37.4 Å². The summed E-state index contributed by atoms with van der Waals surface area (Å²) in [6.07, 6.45) is -1.65. The quantitative estimate of drug-likeness (QED) is 0.179. The van der Waals surface area contributed by atoms with E-state index >= 15 is 0 Å². The first-order valence-corrected chi connectivity index (χ1v) is 5.56. The van der Waals surface area contributed by atoms with Crippen LogP contribution in [0.2, 0.25) is 0 Å². The molecule has 0 saturated carbocycles. The number of nitrogens with zero attached hydrogens (tertiary/aromatic N) is 1. The van der Waals surface area contributed by atoms with E-state index in [0.29, 0.717) is 0 Å². The zero-order valence-electron chi connectivity index (χ0n) is 9.81. The highest BCUT2D eigenvalue weighted by Gasteiger charge is 2.31. The second kappa shape index (κ2) is 6.55. The van der Waals surface area contributed by atoms with E-state index in [1.807, 2.05) is 0 Å². The zero-order chi connectivity index (χ0) is 13.7. The maximum atomic E-state index is 9.74. The number of nitrogens with two attached hydrogens (primary N) is 2. The molecular weight excluding hydrogens is 242 g/mol. The fourth-order valence-corrected chi connectivity index (χ4v) is 1.74. The predicted molar refractivity (Wildman–Crippen MR) is 63.1 cm³/mol. The van der Waals surface area contributed by atoms with E-state index in [1.54, 1.807) is 0 Å². The summed E-state index contributed by atoms with van der Waals surface area (Å²) in [4.78, 5) is 3.88. The van der Waals surface area contributed by atoms with Gasteiger partial charge in [-0.2, -0.15) is 0 Å². The van der Waals surface area contributed by atoms with Gasteiger partial charge in [0.15, 0.2) is 11.7 Å². The van der Waals surface area contributed by atoms with E-state index in [9.17, 15) is 5.11 Å². The van der Waals surface area contributed by atoms with E-state index in [-0.39, 0.29) is 31.2 Å². The van der Waals surface area contributed by atoms with Crippen LogP contribution in [0.4, 0.5) is 0 Å². The average Bonchev–Trinajstić information content (AvgIpc) is 2.27. The molecule has 0 fully saturated rings. The molecule has 0 radical (unpaired) electrons. The number of hydrogen-bond acceptors (Lipinski definition) is 6. The highest BCUT2D eigenvalue weighted by molar-refractivity contribution is 5.76. The minimum absolute atomic E-state index is 0.113. The van der Waals surface area contributed by atoms with Crippen molar-refractivity contribution in [3.63, 3.8) is 0 Å². The molecule has 8 nitrogen and oxygen atoms in total. The molecule has 0 aromatic carbocycles. The van der Waals surface area contributed by atoms with Crippen LogP contribution in [0.5, 0.6) is 0 Å². The van der Waals surface area contributed by atoms with Gasteiger partial charge >= 0.3 is 0 Å². The van der Waals surface area contributed by atoms with Crippen LogP contribution in [0.1, 0.15) is 12.8 Å². The van der Waals surface area contributed by atoms with Gasteiger partial charge in [0, 0.05) is 19.4 Å². The number of rotatable bonds is 5. The molecule has 0 aliphatic carbocycles. The summed E-state index contributed by atoms with van der Waals surface area (Å²) in [5.41, 5.74) is 10.5. The smallest absolute Gasteiger partial charge is 0.211 e. The Bertz CT molecular complexity index is 327. The molecule has 0 aromatic rings. The van der Waals surface area contributed by atoms with Crippen LogP contribution in [-0.2, 0) is 4.74 Å². The maximum absolute atomic E-state index is 9.74. The molecule has 0 saturated heterocycles. The highest BCUT2D eigenvalue weighted by atomic mass is 16.6. The molecular formula is C10H19N3O5. The van der Waals surface area contributed by atoms with Crippen LogP contribution in [0.3, 0.4) is 0 Å². The first-order valence-electron chi connectivity index (χ1n) is 5.56. The third-order valence-corrected chi connectivity index (χ3v) is 2.54. The van der Waals surface area contributed by atoms with Crippen molar-refractivity contribution >= 4 is 5.96 Å². The SMILES string of the molecule is NC(N)=NC1C=C(C(O)O)OC(C(O)CCO)C1. The lowest BCUT2D eigenvalue weighted by atomic mass is 9.99. The molecule has 0 spiro atoms. The van der Waals surface area contributed by atoms with Crippen LogP contribution in [0, 0.1) is 0 Å². The van der Waals surface area contributed by atoms with Crippen molar-refractivity contribution in [1.29, 1.82) is 0 Å². The first-order chi connectivity index (χ1) is 8.43. The minimum atomic E-state index is -1.80. The Morgan fingerprint density at radius 3 is 2.61 bits per heavy atom. The van der Waals surface area contributed by atoms with Gasteiger partial charge < -0.3 is 36.6 Å². The van der Waals surface area contributed by atoms with E-state index in [2.05, 4.69) is 4.99 Å². The lowest BCUT2D eigenvalue weighted by Crippen LogP contribution is -2.38. The molecule has 1 aliphatic heterocycles. The van der Waals surface area contributed by atoms with Gasteiger partial charge in [0.25, 0.3) is 0 Å². The van der Waals surface area contributed by atoms with Crippen LogP contribution in [0.25, 0.3) is 0 Å². The van der Waals surface area contributed by atoms with Gasteiger partial charge in [-0.25, -0.2) is 4.99 Å². The van der Waals surface area contributed by atoms with Crippen molar-refractivity contribution < 1.29 is 25.2 Å². The topological polar surface area (TPSA) is 155 Å². The summed E-state index contributed by atoms with van der Waals surface area (Å²) in [6, 6.07) is -0.501. The number of guanidine groups is 1. The lowest BCUT2D eigenvalue weighted by Gasteiger charge is -2.31. The highest BCUT2D eigenvalue weighted by Crippen LogP contribution is 2.24. The molecule has 0 bridgehead atoms. The van der Waals surface area contributed by atoms with Gasteiger partial charge in [-0.15, -0.1) is 0 Å². The molecule has 1 aliphatic rings. The van der Waals surface area contributed by atoms with E-state index < -0.39 is 24.5 Å². The van der Waals surface area contributed by atoms with Crippen molar-refractivity contribution in [1.82, 2.24) is 0 Å². The molecule has 0 aromatic heterocycles. The predicted octanol–water partition coefficient (Wildman–Crippen LogP) is -2.64. The molecule has 104 valence electrons. The van der Waals surface area contributed by atoms with Gasteiger partial charge in [-0.1, -0.05) is 0 Å². The summed E-state index contributed by atoms with van der Waals surface area (Å²) in [5, 5.41) is 36.7. The monoisotopic (exact) mass is 261 g/mol. The number of aliphatic hydroxyl groups excluding tert-OH is 3. The van der Waals surface area contributed by atoms with Crippen LogP contribution >= 0.6 is 0 Å². The Morgan fingerprint density at radius 2 is 2.11 bits per heavy atom. The van der Waals surface area contributed by atoms with E-state index in [0.717, 1.165) is 0 Å². The Balaban J connectivity index is 2.82. The molecule has 0 amide bonds. The van der Waals surface area contributed by atoms with Crippen molar-refractivity contribution in [2.24, 2.45) is 16.5 Å². The third-order valence-electron chi connectivity index (χ3n) is 2.54. The molecule has 8 N–H and O–H groups in total. The van der Waals surface area contributed by atoms with Crippen molar-refractivity contribution in [3.05, 3.63) is 11.8 Å². The Labute approximate surface area is 104 Å². The standard InChI is InChI=1S/C10H19N3O5/c11-10(12)13-5-3-7(6(15)1-2-14)18-8(4-5)9(16)17/h4-7,9,14-17H,1-3H2,(H4,11,12,13). The number of hydrogen-bond donors (Lipinski definition) is 6. The molecule has 1 heterocycles. The third kappa shape index (κ3) is 4.15. The summed E-state index contributed by atoms with van der Waals surface area (Å²) in [5.74, 6) is -0.251. The Hall–Kier alpha value is -1.35. The summed E-state index contributed by atoms with van der Waals surface area (Å²) in [6.45, 7) is -0.200. The fraction of sp³-hybridized carbons (Fsp3) is 0.700. The van der Waals surface area contributed by atoms with Crippen LogP contribution in [0.15, 0.2) is 16.8 Å². The largest absolute Gasteiger partial charge is 0.487 e. The van der Waals surface area contributed by atoms with Gasteiger partial charge in [-0.3, -0.25) is 0 Å². The second-order valence-corrected chi connectivity index (χ2v) is 4.04. The summed E-state index contributed by atoms with van der Waals surface area (Å²) >= 11 is 0. The fourth-order valence-electron chi connectivity index (χ4n) is 1.74. The van der Waals surface area contributed by atoms with Crippen molar-refractivity contribution in [3.8, 4) is 0 Å². The van der Waals surface area contributed by atoms with Crippen LogP contribution in [-0.4, -0.2) is 57.5 Å².